The number of carboxylic acid groups (broad SMARTS) is 1. The van der Waals surface area contributed by atoms with Gasteiger partial charge in [0.25, 0.3) is 5.91 Å². The summed E-state index contributed by atoms with van der Waals surface area (Å²) in [5.41, 5.74) is -0.235. The first-order valence-electron chi connectivity index (χ1n) is 9.16. The number of carboxylic acids is 1. The average Bonchev–Trinajstić information content (AvgIpc) is 2.68. The maximum Gasteiger partial charge on any atom is 0.305 e. The van der Waals surface area contributed by atoms with Crippen LogP contribution in [0.5, 0.6) is 5.75 Å². The summed E-state index contributed by atoms with van der Waals surface area (Å²) in [5.74, 6) is -2.12. The van der Waals surface area contributed by atoms with E-state index in [-0.39, 0.29) is 34.6 Å². The lowest BCUT2D eigenvalue weighted by molar-refractivity contribution is -0.136. The van der Waals surface area contributed by atoms with E-state index >= 15 is 0 Å². The van der Waals surface area contributed by atoms with Gasteiger partial charge in [0.2, 0.25) is 0 Å². The summed E-state index contributed by atoms with van der Waals surface area (Å²) in [5, 5.41) is 21.7. The third-order valence-electron chi connectivity index (χ3n) is 4.99. The molecule has 1 aromatic heterocycles. The SMILES string of the molecule is O=C(O)CCNC(=O)c1ncc2cc(S(=O)(=O)C3CCCCC3)ccc2c1O. The number of carbonyl (C=O) groups excluding carboxylic acids is 1. The van der Waals surface area contributed by atoms with Gasteiger partial charge in [0.15, 0.2) is 21.3 Å². The molecule has 150 valence electrons. The van der Waals surface area contributed by atoms with Crippen LogP contribution in [0.4, 0.5) is 0 Å². The van der Waals surface area contributed by atoms with E-state index in [4.69, 9.17) is 5.11 Å². The molecule has 0 saturated heterocycles. The van der Waals surface area contributed by atoms with Gasteiger partial charge < -0.3 is 15.5 Å². The van der Waals surface area contributed by atoms with Crippen molar-refractivity contribution in [3.8, 4) is 5.75 Å². The first-order valence-corrected chi connectivity index (χ1v) is 10.7. The van der Waals surface area contributed by atoms with E-state index in [0.29, 0.717) is 23.6 Å². The normalized spacial score (nSPS) is 15.4. The molecule has 1 amide bonds. The number of sulfone groups is 1. The maximum atomic E-state index is 12.9. The van der Waals surface area contributed by atoms with Crippen LogP contribution in [-0.2, 0) is 14.6 Å². The number of hydrogen-bond donors (Lipinski definition) is 3. The summed E-state index contributed by atoms with van der Waals surface area (Å²) in [6, 6.07) is 4.38. The van der Waals surface area contributed by atoms with Crippen molar-refractivity contribution in [1.82, 2.24) is 10.3 Å². The minimum absolute atomic E-state index is 0.0914. The zero-order valence-corrected chi connectivity index (χ0v) is 16.0. The quantitative estimate of drug-likeness (QED) is 0.670. The van der Waals surface area contributed by atoms with Crippen LogP contribution in [0.3, 0.4) is 0 Å². The van der Waals surface area contributed by atoms with Crippen molar-refractivity contribution in [2.24, 2.45) is 0 Å². The summed E-state index contributed by atoms with van der Waals surface area (Å²) >= 11 is 0. The fourth-order valence-electron chi connectivity index (χ4n) is 3.46. The number of hydrogen-bond acceptors (Lipinski definition) is 6. The number of nitrogens with zero attached hydrogens (tertiary/aromatic N) is 1. The minimum atomic E-state index is -3.46. The van der Waals surface area contributed by atoms with E-state index in [0.717, 1.165) is 19.3 Å². The predicted octanol–water partition coefficient (Wildman–Crippen LogP) is 2.25. The van der Waals surface area contributed by atoms with Gasteiger partial charge in [0.05, 0.1) is 16.6 Å². The lowest BCUT2D eigenvalue weighted by Crippen LogP contribution is -2.27. The smallest absolute Gasteiger partial charge is 0.305 e. The van der Waals surface area contributed by atoms with Crippen molar-refractivity contribution in [2.45, 2.75) is 48.7 Å². The second-order valence-corrected chi connectivity index (χ2v) is 9.14. The summed E-state index contributed by atoms with van der Waals surface area (Å²) in [6.45, 7) is -0.0914. The Morgan fingerprint density at radius 1 is 1.18 bits per heavy atom. The monoisotopic (exact) mass is 406 g/mol. The first kappa shape index (κ1) is 20.1. The molecule has 0 bridgehead atoms. The molecule has 0 aliphatic heterocycles. The van der Waals surface area contributed by atoms with Gasteiger partial charge in [-0.1, -0.05) is 19.3 Å². The van der Waals surface area contributed by atoms with Gasteiger partial charge >= 0.3 is 5.97 Å². The fourth-order valence-corrected chi connectivity index (χ4v) is 5.35. The molecule has 8 nitrogen and oxygen atoms in total. The highest BCUT2D eigenvalue weighted by Crippen LogP contribution is 2.32. The largest absolute Gasteiger partial charge is 0.505 e. The van der Waals surface area contributed by atoms with Crippen molar-refractivity contribution in [3.05, 3.63) is 30.1 Å². The molecule has 1 aromatic carbocycles. The van der Waals surface area contributed by atoms with Gasteiger partial charge in [0.1, 0.15) is 0 Å². The summed E-state index contributed by atoms with van der Waals surface area (Å²) in [4.78, 5) is 26.7. The summed E-state index contributed by atoms with van der Waals surface area (Å²) in [6.07, 6.45) is 5.25. The predicted molar refractivity (Wildman–Crippen MR) is 102 cm³/mol. The number of fused-ring (bicyclic) bond motifs is 1. The number of nitrogens with one attached hydrogen (secondary N) is 1. The molecule has 1 heterocycles. The van der Waals surface area contributed by atoms with E-state index in [1.807, 2.05) is 0 Å². The molecule has 1 saturated carbocycles. The number of rotatable bonds is 6. The standard InChI is InChI=1S/C19H22N2O6S/c22-16(23)8-9-20-19(25)17-18(24)15-7-6-14(10-12(15)11-21-17)28(26,27)13-4-2-1-3-5-13/h6-7,10-11,13,24H,1-5,8-9H2,(H,20,25)(H,22,23). The highest BCUT2D eigenvalue weighted by Gasteiger charge is 2.29. The molecular weight excluding hydrogens is 384 g/mol. The molecular formula is C19H22N2O6S. The Morgan fingerprint density at radius 2 is 1.89 bits per heavy atom. The number of aromatic nitrogens is 1. The highest BCUT2D eigenvalue weighted by atomic mass is 32.2. The van der Waals surface area contributed by atoms with E-state index in [1.54, 1.807) is 0 Å². The molecule has 2 aromatic rings. The van der Waals surface area contributed by atoms with Crippen LogP contribution in [0.1, 0.15) is 49.0 Å². The highest BCUT2D eigenvalue weighted by molar-refractivity contribution is 7.92. The van der Waals surface area contributed by atoms with Crippen molar-refractivity contribution >= 4 is 32.5 Å². The Labute approximate surface area is 162 Å². The number of pyridine rings is 1. The van der Waals surface area contributed by atoms with Crippen LogP contribution in [0.25, 0.3) is 10.8 Å². The number of aliphatic carboxylic acids is 1. The van der Waals surface area contributed by atoms with Crippen molar-refractivity contribution < 1.29 is 28.2 Å². The first-order chi connectivity index (χ1) is 13.3. The van der Waals surface area contributed by atoms with E-state index in [1.165, 1.54) is 24.4 Å². The molecule has 3 rings (SSSR count). The molecule has 0 atom stereocenters. The molecule has 1 fully saturated rings. The Kier molecular flexibility index (Phi) is 5.83. The number of amides is 1. The van der Waals surface area contributed by atoms with Crippen molar-refractivity contribution in [2.75, 3.05) is 6.54 Å². The molecule has 0 radical (unpaired) electrons. The van der Waals surface area contributed by atoms with E-state index in [9.17, 15) is 23.1 Å². The van der Waals surface area contributed by atoms with Crippen LogP contribution in [-0.4, -0.2) is 47.3 Å². The summed E-state index contributed by atoms with van der Waals surface area (Å²) < 4.78 is 25.7. The molecule has 1 aliphatic carbocycles. The summed E-state index contributed by atoms with van der Waals surface area (Å²) in [7, 11) is -3.46. The zero-order valence-electron chi connectivity index (χ0n) is 15.2. The second kappa shape index (κ2) is 8.14. The van der Waals surface area contributed by atoms with Crippen LogP contribution >= 0.6 is 0 Å². The van der Waals surface area contributed by atoms with E-state index < -0.39 is 21.7 Å². The Bertz CT molecular complexity index is 1010. The van der Waals surface area contributed by atoms with Gasteiger partial charge in [0, 0.05) is 23.5 Å². The Morgan fingerprint density at radius 3 is 2.57 bits per heavy atom. The molecule has 28 heavy (non-hydrogen) atoms. The van der Waals surface area contributed by atoms with E-state index in [2.05, 4.69) is 10.3 Å². The molecule has 0 unspecified atom stereocenters. The molecule has 1 aliphatic rings. The zero-order chi connectivity index (χ0) is 20.3. The van der Waals surface area contributed by atoms with Gasteiger partial charge in [-0.3, -0.25) is 9.59 Å². The lowest BCUT2D eigenvalue weighted by atomic mass is 10.0. The van der Waals surface area contributed by atoms with Crippen LogP contribution in [0.2, 0.25) is 0 Å². The molecule has 0 spiro atoms. The van der Waals surface area contributed by atoms with Gasteiger partial charge in [-0.05, 0) is 31.0 Å². The number of benzene rings is 1. The van der Waals surface area contributed by atoms with Gasteiger partial charge in [-0.25, -0.2) is 13.4 Å². The van der Waals surface area contributed by atoms with Crippen LogP contribution in [0.15, 0.2) is 29.3 Å². The Hall–Kier alpha value is -2.68. The van der Waals surface area contributed by atoms with Gasteiger partial charge in [-0.2, -0.15) is 0 Å². The fraction of sp³-hybridized carbons (Fsp3) is 0.421. The Balaban J connectivity index is 1.88. The van der Waals surface area contributed by atoms with Crippen molar-refractivity contribution in [1.29, 1.82) is 0 Å². The third kappa shape index (κ3) is 4.09. The number of aromatic hydroxyl groups is 1. The molecule has 9 heteroatoms. The lowest BCUT2D eigenvalue weighted by Gasteiger charge is -2.22. The van der Waals surface area contributed by atoms with Gasteiger partial charge in [-0.15, -0.1) is 0 Å². The third-order valence-corrected chi connectivity index (χ3v) is 7.25. The molecule has 3 N–H and O–H groups in total. The maximum absolute atomic E-state index is 12.9. The van der Waals surface area contributed by atoms with Crippen LogP contribution < -0.4 is 5.32 Å². The van der Waals surface area contributed by atoms with Crippen LogP contribution in [0, 0.1) is 0 Å². The number of carbonyl (C=O) groups is 2. The average molecular weight is 406 g/mol. The van der Waals surface area contributed by atoms with Crippen molar-refractivity contribution in [3.63, 3.8) is 0 Å². The second-order valence-electron chi connectivity index (χ2n) is 6.91. The topological polar surface area (TPSA) is 134 Å². The minimum Gasteiger partial charge on any atom is -0.505 e.